The Morgan fingerprint density at radius 3 is 2.68 bits per heavy atom. The summed E-state index contributed by atoms with van der Waals surface area (Å²) in [6, 6.07) is 12.4. The summed E-state index contributed by atoms with van der Waals surface area (Å²) in [5.74, 6) is 1.09. The SMILES string of the molecule is COc1ccc(CN2CC[C@@H](OC)C2)cc1OCc1cccc(F)c1. The van der Waals surface area contributed by atoms with Crippen LogP contribution in [0.2, 0.25) is 0 Å². The number of hydrogen-bond donors (Lipinski definition) is 0. The van der Waals surface area contributed by atoms with Crippen LogP contribution in [0.3, 0.4) is 0 Å². The molecule has 1 aliphatic rings. The molecule has 0 N–H and O–H groups in total. The number of hydrogen-bond acceptors (Lipinski definition) is 4. The van der Waals surface area contributed by atoms with Crippen LogP contribution in [-0.2, 0) is 17.9 Å². The molecule has 0 aromatic heterocycles. The first-order valence-corrected chi connectivity index (χ1v) is 8.47. The first-order valence-electron chi connectivity index (χ1n) is 8.47. The predicted molar refractivity (Wildman–Crippen MR) is 94.4 cm³/mol. The predicted octanol–water partition coefficient (Wildman–Crippen LogP) is 3.63. The second kappa shape index (κ2) is 8.32. The number of methoxy groups -OCH3 is 2. The highest BCUT2D eigenvalue weighted by atomic mass is 19.1. The quantitative estimate of drug-likeness (QED) is 0.767. The van der Waals surface area contributed by atoms with E-state index in [1.807, 2.05) is 24.3 Å². The van der Waals surface area contributed by atoms with E-state index in [0.29, 0.717) is 24.2 Å². The Balaban J connectivity index is 1.67. The fourth-order valence-electron chi connectivity index (χ4n) is 3.11. The average molecular weight is 345 g/mol. The minimum atomic E-state index is -0.261. The maximum Gasteiger partial charge on any atom is 0.161 e. The zero-order chi connectivity index (χ0) is 17.6. The van der Waals surface area contributed by atoms with Gasteiger partial charge in [-0.05, 0) is 41.8 Å². The van der Waals surface area contributed by atoms with Crippen molar-refractivity contribution in [2.75, 3.05) is 27.3 Å². The lowest BCUT2D eigenvalue weighted by Gasteiger charge is -2.17. The van der Waals surface area contributed by atoms with Gasteiger partial charge in [-0.15, -0.1) is 0 Å². The van der Waals surface area contributed by atoms with Gasteiger partial charge in [0.2, 0.25) is 0 Å². The highest BCUT2D eigenvalue weighted by Gasteiger charge is 2.22. The van der Waals surface area contributed by atoms with Crippen LogP contribution in [0.25, 0.3) is 0 Å². The summed E-state index contributed by atoms with van der Waals surface area (Å²) in [4.78, 5) is 2.37. The van der Waals surface area contributed by atoms with Gasteiger partial charge in [-0.1, -0.05) is 18.2 Å². The molecule has 0 amide bonds. The lowest BCUT2D eigenvalue weighted by atomic mass is 10.2. The maximum atomic E-state index is 13.3. The summed E-state index contributed by atoms with van der Waals surface area (Å²) >= 11 is 0. The molecule has 0 bridgehead atoms. The van der Waals surface area contributed by atoms with Crippen molar-refractivity contribution in [2.45, 2.75) is 25.7 Å². The summed E-state index contributed by atoms with van der Waals surface area (Å²) in [6.45, 7) is 3.12. The normalized spacial score (nSPS) is 17.6. The Morgan fingerprint density at radius 1 is 1.08 bits per heavy atom. The summed E-state index contributed by atoms with van der Waals surface area (Å²) in [5, 5.41) is 0. The molecule has 2 aromatic carbocycles. The molecule has 134 valence electrons. The van der Waals surface area contributed by atoms with Crippen LogP contribution in [0.4, 0.5) is 4.39 Å². The number of rotatable bonds is 7. The van der Waals surface area contributed by atoms with E-state index in [4.69, 9.17) is 14.2 Å². The van der Waals surface area contributed by atoms with Gasteiger partial charge in [0.1, 0.15) is 12.4 Å². The van der Waals surface area contributed by atoms with Gasteiger partial charge in [0.25, 0.3) is 0 Å². The van der Waals surface area contributed by atoms with Gasteiger partial charge in [-0.3, -0.25) is 4.90 Å². The number of nitrogens with zero attached hydrogens (tertiary/aromatic N) is 1. The highest BCUT2D eigenvalue weighted by Crippen LogP contribution is 2.30. The Labute approximate surface area is 148 Å². The van der Waals surface area contributed by atoms with Gasteiger partial charge in [0.05, 0.1) is 13.2 Å². The van der Waals surface area contributed by atoms with E-state index < -0.39 is 0 Å². The van der Waals surface area contributed by atoms with Gasteiger partial charge >= 0.3 is 0 Å². The fraction of sp³-hybridized carbons (Fsp3) is 0.400. The van der Waals surface area contributed by atoms with Gasteiger partial charge < -0.3 is 14.2 Å². The summed E-state index contributed by atoms with van der Waals surface area (Å²) in [6.07, 6.45) is 1.39. The Hall–Kier alpha value is -2.11. The molecule has 3 rings (SSSR count). The van der Waals surface area contributed by atoms with E-state index in [1.54, 1.807) is 20.3 Å². The Kier molecular flexibility index (Phi) is 5.89. The average Bonchev–Trinajstić information content (AvgIpc) is 3.08. The van der Waals surface area contributed by atoms with Crippen LogP contribution in [0.1, 0.15) is 17.5 Å². The molecule has 0 unspecified atom stereocenters. The van der Waals surface area contributed by atoms with Crippen molar-refractivity contribution in [3.63, 3.8) is 0 Å². The summed E-state index contributed by atoms with van der Waals surface area (Å²) in [5.41, 5.74) is 1.95. The van der Waals surface area contributed by atoms with Crippen molar-refractivity contribution in [1.82, 2.24) is 4.90 Å². The van der Waals surface area contributed by atoms with Crippen molar-refractivity contribution in [1.29, 1.82) is 0 Å². The molecule has 25 heavy (non-hydrogen) atoms. The lowest BCUT2D eigenvalue weighted by molar-refractivity contribution is 0.107. The molecule has 0 saturated carbocycles. The molecule has 0 aliphatic carbocycles. The van der Waals surface area contributed by atoms with Crippen LogP contribution in [0.5, 0.6) is 11.5 Å². The number of likely N-dealkylation sites (tertiary alicyclic amines) is 1. The second-order valence-corrected chi connectivity index (χ2v) is 6.29. The molecule has 1 saturated heterocycles. The molecule has 1 fully saturated rings. The zero-order valence-electron chi connectivity index (χ0n) is 14.7. The van der Waals surface area contributed by atoms with E-state index in [9.17, 15) is 4.39 Å². The van der Waals surface area contributed by atoms with Crippen molar-refractivity contribution in [3.05, 3.63) is 59.4 Å². The van der Waals surface area contributed by atoms with Crippen LogP contribution in [-0.4, -0.2) is 38.3 Å². The number of halogens is 1. The van der Waals surface area contributed by atoms with Gasteiger partial charge in [0, 0.05) is 26.7 Å². The highest BCUT2D eigenvalue weighted by molar-refractivity contribution is 5.43. The number of benzene rings is 2. The molecule has 2 aromatic rings. The van der Waals surface area contributed by atoms with E-state index in [1.165, 1.54) is 12.1 Å². The molecule has 1 atom stereocenters. The zero-order valence-corrected chi connectivity index (χ0v) is 14.7. The van der Waals surface area contributed by atoms with Crippen molar-refractivity contribution >= 4 is 0 Å². The number of ether oxygens (including phenoxy) is 3. The Bertz CT molecular complexity index is 707. The molecule has 1 heterocycles. The minimum Gasteiger partial charge on any atom is -0.493 e. The van der Waals surface area contributed by atoms with Crippen LogP contribution in [0, 0.1) is 5.82 Å². The van der Waals surface area contributed by atoms with Crippen molar-refractivity contribution < 1.29 is 18.6 Å². The first-order chi connectivity index (χ1) is 12.2. The van der Waals surface area contributed by atoms with Gasteiger partial charge in [-0.2, -0.15) is 0 Å². The molecular formula is C20H24FNO3. The van der Waals surface area contributed by atoms with E-state index >= 15 is 0 Å². The third kappa shape index (κ3) is 4.71. The lowest BCUT2D eigenvalue weighted by Crippen LogP contribution is -2.22. The van der Waals surface area contributed by atoms with Crippen LogP contribution in [0.15, 0.2) is 42.5 Å². The maximum absolute atomic E-state index is 13.3. The standard InChI is InChI=1S/C20H24FNO3/c1-23-18-8-9-22(13-18)12-15-6-7-19(24-2)20(11-15)25-14-16-4-3-5-17(21)10-16/h3-7,10-11,18H,8-9,12-14H2,1-2H3/t18-/m1/s1. The second-order valence-electron chi connectivity index (χ2n) is 6.29. The minimum absolute atomic E-state index is 0.261. The Morgan fingerprint density at radius 2 is 1.96 bits per heavy atom. The van der Waals surface area contributed by atoms with E-state index in [-0.39, 0.29) is 5.82 Å². The monoisotopic (exact) mass is 345 g/mol. The molecule has 1 aliphatic heterocycles. The van der Waals surface area contributed by atoms with Crippen molar-refractivity contribution in [2.24, 2.45) is 0 Å². The fourth-order valence-corrected chi connectivity index (χ4v) is 3.11. The smallest absolute Gasteiger partial charge is 0.161 e. The molecule has 5 heteroatoms. The third-order valence-corrected chi connectivity index (χ3v) is 4.48. The van der Waals surface area contributed by atoms with E-state index in [2.05, 4.69) is 4.90 Å². The topological polar surface area (TPSA) is 30.9 Å². The molecule has 0 spiro atoms. The summed E-state index contributed by atoms with van der Waals surface area (Å²) in [7, 11) is 3.38. The van der Waals surface area contributed by atoms with Crippen LogP contribution < -0.4 is 9.47 Å². The summed E-state index contributed by atoms with van der Waals surface area (Å²) < 4.78 is 30.0. The van der Waals surface area contributed by atoms with Gasteiger partial charge in [0.15, 0.2) is 11.5 Å². The van der Waals surface area contributed by atoms with E-state index in [0.717, 1.165) is 37.2 Å². The first kappa shape index (κ1) is 17.7. The van der Waals surface area contributed by atoms with Crippen LogP contribution >= 0.6 is 0 Å². The molecular weight excluding hydrogens is 321 g/mol. The molecule has 4 nitrogen and oxygen atoms in total. The molecule has 0 radical (unpaired) electrons. The van der Waals surface area contributed by atoms with Crippen molar-refractivity contribution in [3.8, 4) is 11.5 Å². The van der Waals surface area contributed by atoms with Gasteiger partial charge in [-0.25, -0.2) is 4.39 Å². The largest absolute Gasteiger partial charge is 0.493 e. The third-order valence-electron chi connectivity index (χ3n) is 4.48.